The lowest BCUT2D eigenvalue weighted by Gasteiger charge is -2.06. The van der Waals surface area contributed by atoms with Gasteiger partial charge in [-0.25, -0.2) is 0 Å². The highest BCUT2D eigenvalue weighted by atomic mass is 35.5. The average Bonchev–Trinajstić information content (AvgIpc) is 2.29. The average molecular weight is 223 g/mol. The molecule has 15 heavy (non-hydrogen) atoms. The van der Waals surface area contributed by atoms with E-state index in [0.29, 0.717) is 11.6 Å². The van der Waals surface area contributed by atoms with E-state index in [1.807, 2.05) is 18.2 Å². The summed E-state index contributed by atoms with van der Waals surface area (Å²) in [5, 5.41) is 1.53. The molecule has 1 aromatic carbocycles. The largest absolute Gasteiger partial charge is 0.497 e. The second kappa shape index (κ2) is 4.04. The van der Waals surface area contributed by atoms with Crippen molar-refractivity contribution in [1.29, 1.82) is 0 Å². The monoisotopic (exact) mass is 222 g/mol. The fourth-order valence-corrected chi connectivity index (χ4v) is 1.73. The zero-order valence-corrected chi connectivity index (χ0v) is 9.08. The van der Waals surface area contributed by atoms with Crippen molar-refractivity contribution in [2.45, 2.75) is 6.54 Å². The molecule has 0 aliphatic rings. The third kappa shape index (κ3) is 1.76. The molecule has 0 fully saturated rings. The molecule has 1 heterocycles. The van der Waals surface area contributed by atoms with Crippen molar-refractivity contribution < 1.29 is 4.74 Å². The molecular weight excluding hydrogens is 212 g/mol. The minimum Gasteiger partial charge on any atom is -0.497 e. The third-order valence-electron chi connectivity index (χ3n) is 2.30. The molecule has 0 atom stereocenters. The zero-order chi connectivity index (χ0) is 10.8. The van der Waals surface area contributed by atoms with Gasteiger partial charge in [-0.15, -0.1) is 0 Å². The number of benzene rings is 1. The molecule has 0 aliphatic heterocycles. The molecule has 78 valence electrons. The van der Waals surface area contributed by atoms with E-state index in [1.165, 1.54) is 0 Å². The predicted octanol–water partition coefficient (Wildman–Crippen LogP) is 2.36. The summed E-state index contributed by atoms with van der Waals surface area (Å²) in [5.41, 5.74) is 7.25. The molecule has 1 aromatic heterocycles. The summed E-state index contributed by atoms with van der Waals surface area (Å²) in [4.78, 5) is 4.27. The maximum Gasteiger partial charge on any atom is 0.119 e. The smallest absolute Gasteiger partial charge is 0.119 e. The summed E-state index contributed by atoms with van der Waals surface area (Å²) in [6, 6.07) is 5.60. The molecule has 0 saturated carbocycles. The Kier molecular flexibility index (Phi) is 2.75. The number of pyridine rings is 1. The Hall–Kier alpha value is -1.32. The Labute approximate surface area is 92.8 Å². The van der Waals surface area contributed by atoms with Crippen molar-refractivity contribution in [2.75, 3.05) is 7.11 Å². The first-order chi connectivity index (χ1) is 7.26. The second-order valence-electron chi connectivity index (χ2n) is 3.18. The number of nitrogens with two attached hydrogens (primary N) is 1. The van der Waals surface area contributed by atoms with E-state index in [4.69, 9.17) is 22.1 Å². The lowest BCUT2D eigenvalue weighted by atomic mass is 10.1. The van der Waals surface area contributed by atoms with Crippen LogP contribution in [0.15, 0.2) is 24.4 Å². The molecule has 0 unspecified atom stereocenters. The minimum atomic E-state index is 0.388. The van der Waals surface area contributed by atoms with Gasteiger partial charge in [0.1, 0.15) is 5.75 Å². The van der Waals surface area contributed by atoms with Crippen molar-refractivity contribution in [3.63, 3.8) is 0 Å². The van der Waals surface area contributed by atoms with E-state index < -0.39 is 0 Å². The maximum atomic E-state index is 6.20. The topological polar surface area (TPSA) is 48.1 Å². The number of hydrogen-bond acceptors (Lipinski definition) is 3. The van der Waals surface area contributed by atoms with Gasteiger partial charge in [0.25, 0.3) is 0 Å². The standard InChI is InChI=1S/C11H11ClN2O/c1-15-8-2-3-10-9(4-8)11(12)7(5-13)6-14-10/h2-4,6H,5,13H2,1H3. The van der Waals surface area contributed by atoms with Crippen LogP contribution in [-0.4, -0.2) is 12.1 Å². The van der Waals surface area contributed by atoms with Crippen LogP contribution in [-0.2, 0) is 6.54 Å². The van der Waals surface area contributed by atoms with Gasteiger partial charge in [-0.2, -0.15) is 0 Å². The first-order valence-electron chi connectivity index (χ1n) is 4.57. The predicted molar refractivity (Wildman–Crippen MR) is 61.2 cm³/mol. The lowest BCUT2D eigenvalue weighted by molar-refractivity contribution is 0.415. The summed E-state index contributed by atoms with van der Waals surface area (Å²) in [5.74, 6) is 0.764. The van der Waals surface area contributed by atoms with E-state index in [0.717, 1.165) is 22.2 Å². The number of halogens is 1. The first kappa shape index (κ1) is 10.2. The highest BCUT2D eigenvalue weighted by Gasteiger charge is 2.06. The van der Waals surface area contributed by atoms with Crippen LogP contribution in [0.4, 0.5) is 0 Å². The molecule has 3 nitrogen and oxygen atoms in total. The van der Waals surface area contributed by atoms with Crippen molar-refractivity contribution in [3.05, 3.63) is 35.0 Å². The van der Waals surface area contributed by atoms with E-state index in [2.05, 4.69) is 4.98 Å². The van der Waals surface area contributed by atoms with Crippen LogP contribution in [0.2, 0.25) is 5.02 Å². The maximum absolute atomic E-state index is 6.20. The molecule has 2 aromatic rings. The highest BCUT2D eigenvalue weighted by Crippen LogP contribution is 2.28. The lowest BCUT2D eigenvalue weighted by Crippen LogP contribution is -1.98. The van der Waals surface area contributed by atoms with Gasteiger partial charge in [-0.3, -0.25) is 4.98 Å². The van der Waals surface area contributed by atoms with Crippen LogP contribution < -0.4 is 10.5 Å². The molecule has 4 heteroatoms. The summed E-state index contributed by atoms with van der Waals surface area (Å²) >= 11 is 6.20. The number of aromatic nitrogens is 1. The molecule has 0 bridgehead atoms. The van der Waals surface area contributed by atoms with Gasteiger partial charge < -0.3 is 10.5 Å². The summed E-state index contributed by atoms with van der Waals surface area (Å²) < 4.78 is 5.13. The minimum absolute atomic E-state index is 0.388. The zero-order valence-electron chi connectivity index (χ0n) is 8.33. The van der Waals surface area contributed by atoms with Gasteiger partial charge in [0.2, 0.25) is 0 Å². The van der Waals surface area contributed by atoms with Crippen LogP contribution in [0.5, 0.6) is 5.75 Å². The number of ether oxygens (including phenoxy) is 1. The van der Waals surface area contributed by atoms with Crippen LogP contribution in [0.25, 0.3) is 10.9 Å². The van der Waals surface area contributed by atoms with Crippen LogP contribution in [0.1, 0.15) is 5.56 Å². The Morgan fingerprint density at radius 3 is 2.93 bits per heavy atom. The SMILES string of the molecule is COc1ccc2ncc(CN)c(Cl)c2c1. The van der Waals surface area contributed by atoms with Gasteiger partial charge in [0.15, 0.2) is 0 Å². The molecule has 0 amide bonds. The van der Waals surface area contributed by atoms with Crippen LogP contribution in [0.3, 0.4) is 0 Å². The Balaban J connectivity index is 2.72. The van der Waals surface area contributed by atoms with Crippen molar-refractivity contribution in [1.82, 2.24) is 4.98 Å². The highest BCUT2D eigenvalue weighted by molar-refractivity contribution is 6.36. The number of fused-ring (bicyclic) bond motifs is 1. The van der Waals surface area contributed by atoms with E-state index >= 15 is 0 Å². The van der Waals surface area contributed by atoms with Gasteiger partial charge >= 0.3 is 0 Å². The number of nitrogens with zero attached hydrogens (tertiary/aromatic N) is 1. The molecule has 0 aliphatic carbocycles. The van der Waals surface area contributed by atoms with Crippen molar-refractivity contribution in [2.24, 2.45) is 5.73 Å². The molecule has 0 saturated heterocycles. The van der Waals surface area contributed by atoms with E-state index in [9.17, 15) is 0 Å². The van der Waals surface area contributed by atoms with Crippen molar-refractivity contribution >= 4 is 22.5 Å². The summed E-state index contributed by atoms with van der Waals surface area (Å²) in [6.07, 6.45) is 1.71. The second-order valence-corrected chi connectivity index (χ2v) is 3.56. The Morgan fingerprint density at radius 2 is 2.27 bits per heavy atom. The molecular formula is C11H11ClN2O. The summed E-state index contributed by atoms with van der Waals surface area (Å²) in [6.45, 7) is 0.388. The van der Waals surface area contributed by atoms with Gasteiger partial charge in [-0.1, -0.05) is 11.6 Å². The fraction of sp³-hybridized carbons (Fsp3) is 0.182. The van der Waals surface area contributed by atoms with E-state index in [1.54, 1.807) is 13.3 Å². The van der Waals surface area contributed by atoms with Crippen molar-refractivity contribution in [3.8, 4) is 5.75 Å². The number of rotatable bonds is 2. The van der Waals surface area contributed by atoms with Gasteiger partial charge in [0.05, 0.1) is 17.6 Å². The normalized spacial score (nSPS) is 10.6. The van der Waals surface area contributed by atoms with E-state index in [-0.39, 0.29) is 0 Å². The number of methoxy groups -OCH3 is 1. The first-order valence-corrected chi connectivity index (χ1v) is 4.95. The van der Waals surface area contributed by atoms with Gasteiger partial charge in [0, 0.05) is 23.7 Å². The Morgan fingerprint density at radius 1 is 1.47 bits per heavy atom. The molecule has 2 N–H and O–H groups in total. The van der Waals surface area contributed by atoms with Gasteiger partial charge in [-0.05, 0) is 18.2 Å². The molecule has 2 rings (SSSR count). The molecule has 0 radical (unpaired) electrons. The summed E-state index contributed by atoms with van der Waals surface area (Å²) in [7, 11) is 1.62. The Bertz CT molecular complexity index is 494. The van der Waals surface area contributed by atoms with Crippen LogP contribution >= 0.6 is 11.6 Å². The van der Waals surface area contributed by atoms with Crippen LogP contribution in [0, 0.1) is 0 Å². The number of hydrogen-bond donors (Lipinski definition) is 1. The fourth-order valence-electron chi connectivity index (χ4n) is 1.45. The molecule has 0 spiro atoms. The quantitative estimate of drug-likeness (QED) is 0.849. The third-order valence-corrected chi connectivity index (χ3v) is 2.75.